The number of amides is 7. The number of nitrogens with zero attached hydrogens (tertiary/aromatic N) is 1. The number of carboxylic acid groups (broad SMARTS) is 1. The molecule has 0 aliphatic carbocycles. The maximum absolute atomic E-state index is 13.3. The van der Waals surface area contributed by atoms with Gasteiger partial charge in [-0.3, -0.25) is 43.3 Å². The lowest BCUT2D eigenvalue weighted by molar-refractivity contribution is -0.142. The lowest BCUT2D eigenvalue weighted by Crippen LogP contribution is -2.62. The molecule has 0 unspecified atom stereocenters. The van der Waals surface area contributed by atoms with E-state index in [9.17, 15) is 53.7 Å². The molecule has 0 aromatic rings. The molecule has 0 spiro atoms. The Labute approximate surface area is 316 Å². The fourth-order valence-electron chi connectivity index (χ4n) is 4.36. The molecule has 0 rings (SSSR count). The van der Waals surface area contributed by atoms with Gasteiger partial charge in [-0.2, -0.15) is 25.3 Å². The van der Waals surface area contributed by atoms with Crippen molar-refractivity contribution in [2.24, 2.45) is 33.8 Å². The van der Waals surface area contributed by atoms with Gasteiger partial charge in [-0.1, -0.05) is 13.8 Å². The van der Waals surface area contributed by atoms with Gasteiger partial charge >= 0.3 is 5.97 Å². The SMILES string of the molecule is CC(C)C[C@H](NC(=O)[C@H](NC(=O)[C@H](CC(=O)O)NC(=O)[C@H](CO)NC(=O)[C@H](CCCN=C(N)N)NC(=O)[C@@H](N)CS)[C@H](C)O)C(=O)N[C@@H](CS)C(N)=O. The lowest BCUT2D eigenvalue weighted by atomic mass is 10.0. The summed E-state index contributed by atoms with van der Waals surface area (Å²) >= 11 is 7.91. The lowest BCUT2D eigenvalue weighted by Gasteiger charge is -2.28. The van der Waals surface area contributed by atoms with Crippen LogP contribution in [0.2, 0.25) is 0 Å². The average Bonchev–Trinajstić information content (AvgIpc) is 3.07. The number of rotatable bonds is 25. The Bertz CT molecular complexity index is 1320. The standard InChI is InChI=1S/C29H53N11O11S2/c1-12(2)7-16(25(48)39-19(11-53)22(31)45)37-28(51)21(13(3)42)40-26(49)17(8-20(43)44)36-27(50)18(9-41)38-24(47)15(5-4-6-34-29(32)33)35-23(46)14(30)10-52/h12-19,21,41-42,52-53H,4-11,30H2,1-3H3,(H2,31,45)(H,35,46)(H,36,50)(H,37,51)(H,38,47)(H,39,48)(H,40,49)(H,43,44)(H4,32,33,34)/t13-,14-,15-,16-,17-,18-,19-,21+/m0/s1. The van der Waals surface area contributed by atoms with E-state index in [4.69, 9.17) is 22.9 Å². The largest absolute Gasteiger partial charge is 0.481 e. The molecule has 0 fully saturated rings. The summed E-state index contributed by atoms with van der Waals surface area (Å²) in [5.41, 5.74) is 21.5. The van der Waals surface area contributed by atoms with Crippen LogP contribution >= 0.6 is 25.3 Å². The number of carbonyl (C=O) groups is 8. The fourth-order valence-corrected chi connectivity index (χ4v) is 4.80. The summed E-state index contributed by atoms with van der Waals surface area (Å²) in [5, 5.41) is 43.3. The highest BCUT2D eigenvalue weighted by molar-refractivity contribution is 7.80. The van der Waals surface area contributed by atoms with Crippen molar-refractivity contribution in [3.05, 3.63) is 0 Å². The molecule has 7 amide bonds. The third-order valence-corrected chi connectivity index (χ3v) is 7.94. The van der Waals surface area contributed by atoms with E-state index in [1.165, 1.54) is 0 Å². The molecule has 24 heteroatoms. The van der Waals surface area contributed by atoms with Crippen LogP contribution in [0.15, 0.2) is 4.99 Å². The number of carbonyl (C=O) groups excluding carboxylic acids is 7. The maximum atomic E-state index is 13.3. The number of aliphatic imine (C=N–C) groups is 1. The van der Waals surface area contributed by atoms with Crippen molar-refractivity contribution in [3.63, 3.8) is 0 Å². The third-order valence-electron chi connectivity index (χ3n) is 7.18. The Morgan fingerprint density at radius 1 is 0.679 bits per heavy atom. The summed E-state index contributed by atoms with van der Waals surface area (Å²) in [5.74, 6) is -9.20. The van der Waals surface area contributed by atoms with Crippen molar-refractivity contribution in [1.29, 1.82) is 0 Å². The predicted octanol–water partition coefficient (Wildman–Crippen LogP) is -6.49. The third kappa shape index (κ3) is 18.8. The quantitative estimate of drug-likeness (QED) is 0.0177. The number of hydrogen-bond acceptors (Lipinski definition) is 14. The van der Waals surface area contributed by atoms with E-state index in [2.05, 4.69) is 62.2 Å². The minimum absolute atomic E-state index is 0.0465. The zero-order chi connectivity index (χ0) is 41.0. The number of aliphatic hydroxyl groups is 2. The predicted molar refractivity (Wildman–Crippen MR) is 197 cm³/mol. The Hall–Kier alpha value is -4.39. The summed E-state index contributed by atoms with van der Waals surface area (Å²) in [6.07, 6.45) is -2.52. The summed E-state index contributed by atoms with van der Waals surface area (Å²) < 4.78 is 0. The molecule has 0 radical (unpaired) electrons. The van der Waals surface area contributed by atoms with E-state index in [1.54, 1.807) is 13.8 Å². The Morgan fingerprint density at radius 2 is 1.17 bits per heavy atom. The number of hydrogen-bond donors (Lipinski definition) is 15. The number of guanidine groups is 1. The van der Waals surface area contributed by atoms with Gasteiger partial charge in [0.15, 0.2) is 5.96 Å². The normalized spacial score (nSPS) is 15.5. The van der Waals surface area contributed by atoms with Gasteiger partial charge in [-0.05, 0) is 32.1 Å². The zero-order valence-electron chi connectivity index (χ0n) is 29.6. The van der Waals surface area contributed by atoms with E-state index in [-0.39, 0.29) is 49.2 Å². The second kappa shape index (κ2) is 24.8. The molecule has 0 saturated heterocycles. The van der Waals surface area contributed by atoms with Crippen LogP contribution in [0, 0.1) is 5.92 Å². The van der Waals surface area contributed by atoms with Crippen molar-refractivity contribution in [1.82, 2.24) is 31.9 Å². The molecule has 8 atom stereocenters. The first-order chi connectivity index (χ1) is 24.7. The van der Waals surface area contributed by atoms with Crippen molar-refractivity contribution in [2.75, 3.05) is 24.7 Å². The molecular weight excluding hydrogens is 743 g/mol. The highest BCUT2D eigenvalue weighted by Crippen LogP contribution is 2.08. The Balaban J connectivity index is 6.05. The molecular formula is C29H53N11O11S2. The van der Waals surface area contributed by atoms with Crippen LogP contribution in [-0.2, 0) is 38.4 Å². The number of carboxylic acids is 1. The molecule has 0 bridgehead atoms. The van der Waals surface area contributed by atoms with Crippen LogP contribution in [0.1, 0.15) is 46.5 Å². The molecule has 0 aromatic heterocycles. The van der Waals surface area contributed by atoms with Gasteiger partial charge in [-0.15, -0.1) is 0 Å². The smallest absolute Gasteiger partial charge is 0.305 e. The first-order valence-corrected chi connectivity index (χ1v) is 17.6. The van der Waals surface area contributed by atoms with Gasteiger partial charge < -0.3 is 70.2 Å². The molecule has 0 aliphatic heterocycles. The molecule has 53 heavy (non-hydrogen) atoms. The maximum Gasteiger partial charge on any atom is 0.305 e. The van der Waals surface area contributed by atoms with Crippen LogP contribution in [0.25, 0.3) is 0 Å². The second-order valence-electron chi connectivity index (χ2n) is 12.3. The van der Waals surface area contributed by atoms with Gasteiger partial charge in [0.05, 0.1) is 25.2 Å². The van der Waals surface area contributed by atoms with Gasteiger partial charge in [0.1, 0.15) is 36.3 Å². The Morgan fingerprint density at radius 3 is 1.64 bits per heavy atom. The van der Waals surface area contributed by atoms with E-state index < -0.39 is 109 Å². The van der Waals surface area contributed by atoms with E-state index in [0.717, 1.165) is 6.92 Å². The zero-order valence-corrected chi connectivity index (χ0v) is 31.4. The van der Waals surface area contributed by atoms with Crippen LogP contribution in [0.5, 0.6) is 0 Å². The molecule has 17 N–H and O–H groups in total. The van der Waals surface area contributed by atoms with Crippen LogP contribution in [0.3, 0.4) is 0 Å². The minimum Gasteiger partial charge on any atom is -0.481 e. The monoisotopic (exact) mass is 795 g/mol. The van der Waals surface area contributed by atoms with Gasteiger partial charge in [0.25, 0.3) is 0 Å². The fraction of sp³-hybridized carbons (Fsp3) is 0.690. The van der Waals surface area contributed by atoms with E-state index in [1.807, 2.05) is 0 Å². The molecule has 302 valence electrons. The van der Waals surface area contributed by atoms with Gasteiger partial charge in [0.2, 0.25) is 41.4 Å². The number of nitrogens with one attached hydrogen (secondary N) is 6. The number of aliphatic hydroxyl groups excluding tert-OH is 2. The minimum atomic E-state index is -1.93. The molecule has 22 nitrogen and oxygen atoms in total. The van der Waals surface area contributed by atoms with Gasteiger partial charge in [-0.25, -0.2) is 0 Å². The summed E-state index contributed by atoms with van der Waals surface area (Å²) in [4.78, 5) is 105. The highest BCUT2D eigenvalue weighted by Gasteiger charge is 2.35. The average molecular weight is 796 g/mol. The number of thiol groups is 2. The topological polar surface area (TPSA) is 386 Å². The van der Waals surface area contributed by atoms with Crippen molar-refractivity contribution in [2.45, 2.75) is 94.9 Å². The molecule has 0 saturated carbocycles. The van der Waals surface area contributed by atoms with Crippen LogP contribution in [0.4, 0.5) is 0 Å². The van der Waals surface area contributed by atoms with E-state index in [0.29, 0.717) is 0 Å². The van der Waals surface area contributed by atoms with Gasteiger partial charge in [0, 0.05) is 18.1 Å². The first-order valence-electron chi connectivity index (χ1n) is 16.3. The van der Waals surface area contributed by atoms with Crippen molar-refractivity contribution < 1.29 is 53.7 Å². The summed E-state index contributed by atoms with van der Waals surface area (Å²) in [6, 6.07) is -10.4. The second-order valence-corrected chi connectivity index (χ2v) is 13.0. The van der Waals surface area contributed by atoms with Crippen LogP contribution in [-0.4, -0.2) is 142 Å². The molecule has 0 heterocycles. The van der Waals surface area contributed by atoms with Crippen LogP contribution < -0.4 is 54.8 Å². The number of nitrogens with two attached hydrogens (primary N) is 4. The summed E-state index contributed by atoms with van der Waals surface area (Å²) in [6.45, 7) is 3.60. The van der Waals surface area contributed by atoms with Crippen molar-refractivity contribution in [3.8, 4) is 0 Å². The number of aliphatic carboxylic acids is 1. The highest BCUT2D eigenvalue weighted by atomic mass is 32.1. The van der Waals surface area contributed by atoms with E-state index >= 15 is 0 Å². The summed E-state index contributed by atoms with van der Waals surface area (Å²) in [7, 11) is 0. The first kappa shape index (κ1) is 48.6. The molecule has 0 aliphatic rings. The Kier molecular flexibility index (Phi) is 22.7. The van der Waals surface area contributed by atoms with Crippen molar-refractivity contribution >= 4 is 78.5 Å². The number of primary amides is 1. The molecule has 0 aromatic carbocycles.